The smallest absolute Gasteiger partial charge is 0.223 e. The van der Waals surface area contributed by atoms with Crippen LogP contribution in [0.3, 0.4) is 0 Å². The minimum absolute atomic E-state index is 0.00705. The van der Waals surface area contributed by atoms with Crippen LogP contribution in [0.2, 0.25) is 0 Å². The van der Waals surface area contributed by atoms with Crippen molar-refractivity contribution in [3.05, 3.63) is 70.7 Å². The molecule has 0 aliphatic heterocycles. The highest BCUT2D eigenvalue weighted by atomic mass is 16.1. The van der Waals surface area contributed by atoms with Crippen molar-refractivity contribution in [2.24, 2.45) is 5.92 Å². The quantitative estimate of drug-likeness (QED) is 0.345. The monoisotopic (exact) mass is 499 g/mol. The highest BCUT2D eigenvalue weighted by molar-refractivity contribution is 5.78. The van der Waals surface area contributed by atoms with E-state index in [-0.39, 0.29) is 17.7 Å². The molecule has 3 N–H and O–H groups in total. The number of hydrogen-bond donors (Lipinski definition) is 3. The van der Waals surface area contributed by atoms with Crippen molar-refractivity contribution in [3.63, 3.8) is 0 Å². The van der Waals surface area contributed by atoms with Crippen molar-refractivity contribution in [2.75, 3.05) is 5.32 Å². The van der Waals surface area contributed by atoms with Gasteiger partial charge in [-0.05, 0) is 71.1 Å². The maximum absolute atomic E-state index is 12.9. The molecular weight excluding hydrogens is 466 g/mol. The molecular formula is C27H33N9O. The number of pyridine rings is 1. The van der Waals surface area contributed by atoms with E-state index in [1.807, 2.05) is 62.7 Å². The number of anilines is 2. The van der Waals surface area contributed by atoms with Crippen molar-refractivity contribution >= 4 is 17.5 Å². The Hall–Kier alpha value is -4.08. The van der Waals surface area contributed by atoms with E-state index in [0.717, 1.165) is 77.3 Å². The molecule has 1 fully saturated rings. The average molecular weight is 500 g/mol. The molecule has 1 aliphatic rings. The Labute approximate surface area is 216 Å². The van der Waals surface area contributed by atoms with Crippen LogP contribution >= 0.6 is 0 Å². The van der Waals surface area contributed by atoms with Gasteiger partial charge in [0.05, 0.1) is 5.69 Å². The van der Waals surface area contributed by atoms with Crippen molar-refractivity contribution in [2.45, 2.75) is 65.8 Å². The molecule has 4 aromatic rings. The molecule has 1 saturated carbocycles. The van der Waals surface area contributed by atoms with Crippen molar-refractivity contribution in [1.82, 2.24) is 40.2 Å². The van der Waals surface area contributed by atoms with Gasteiger partial charge in [-0.15, -0.1) is 0 Å². The second-order valence-corrected chi connectivity index (χ2v) is 9.94. The first-order valence-corrected chi connectivity index (χ1v) is 12.7. The van der Waals surface area contributed by atoms with E-state index in [9.17, 15) is 4.79 Å². The SMILES string of the molecule is Cc1cc(Nc2cc(C)[nH]n2)nc(C2CCC(C(=O)NCc3ccc(-n4nc(C)cc4C)nc3)CC2)n1. The predicted octanol–water partition coefficient (Wildman–Crippen LogP) is 4.35. The zero-order valence-electron chi connectivity index (χ0n) is 21.7. The van der Waals surface area contributed by atoms with E-state index < -0.39 is 0 Å². The molecule has 37 heavy (non-hydrogen) atoms. The summed E-state index contributed by atoms with van der Waals surface area (Å²) in [6.45, 7) is 8.37. The van der Waals surface area contributed by atoms with E-state index in [1.54, 1.807) is 6.20 Å². The lowest BCUT2D eigenvalue weighted by atomic mass is 9.81. The number of aromatic nitrogens is 7. The van der Waals surface area contributed by atoms with Crippen LogP contribution in [0.15, 0.2) is 36.5 Å². The van der Waals surface area contributed by atoms with Gasteiger partial charge < -0.3 is 10.6 Å². The topological polar surface area (TPSA) is 126 Å². The van der Waals surface area contributed by atoms with Gasteiger partial charge in [0.1, 0.15) is 11.6 Å². The predicted molar refractivity (Wildman–Crippen MR) is 141 cm³/mol. The molecule has 0 saturated heterocycles. The number of aryl methyl sites for hydroxylation is 4. The standard InChI is InChI=1S/C27H33N9O/c1-16-12-23(31-24-13-17(2)33-34-24)32-26(30-16)21-6-8-22(9-7-21)27(37)29-15-20-5-10-25(28-14-20)36-19(4)11-18(3)35-36/h5,10-14,21-22H,6-9,15H2,1-4H3,(H,29,37)(H2,30,31,32,33,34). The fourth-order valence-electron chi connectivity index (χ4n) is 4.91. The lowest BCUT2D eigenvalue weighted by Gasteiger charge is -2.27. The fourth-order valence-corrected chi connectivity index (χ4v) is 4.91. The summed E-state index contributed by atoms with van der Waals surface area (Å²) in [5, 5.41) is 18.0. The van der Waals surface area contributed by atoms with Gasteiger partial charge in [-0.1, -0.05) is 6.07 Å². The van der Waals surface area contributed by atoms with Crippen LogP contribution in [-0.4, -0.2) is 40.8 Å². The number of nitrogens with one attached hydrogen (secondary N) is 3. The van der Waals surface area contributed by atoms with Gasteiger partial charge in [0.15, 0.2) is 11.6 Å². The third-order valence-electron chi connectivity index (χ3n) is 6.80. The molecule has 0 spiro atoms. The minimum atomic E-state index is 0.00705. The number of hydrogen-bond acceptors (Lipinski definition) is 7. The van der Waals surface area contributed by atoms with Gasteiger partial charge in [0, 0.05) is 53.8 Å². The zero-order valence-corrected chi connectivity index (χ0v) is 21.7. The summed E-state index contributed by atoms with van der Waals surface area (Å²) >= 11 is 0. The number of rotatable bonds is 7. The molecule has 4 heterocycles. The first-order chi connectivity index (χ1) is 17.8. The average Bonchev–Trinajstić information content (AvgIpc) is 3.45. The second-order valence-electron chi connectivity index (χ2n) is 9.94. The summed E-state index contributed by atoms with van der Waals surface area (Å²) in [6, 6.07) is 9.80. The molecule has 10 nitrogen and oxygen atoms in total. The minimum Gasteiger partial charge on any atom is -0.352 e. The Bertz CT molecular complexity index is 1380. The molecule has 192 valence electrons. The highest BCUT2D eigenvalue weighted by Crippen LogP contribution is 2.35. The first-order valence-electron chi connectivity index (χ1n) is 12.7. The summed E-state index contributed by atoms with van der Waals surface area (Å²) in [5.41, 5.74) is 4.86. The van der Waals surface area contributed by atoms with E-state index in [0.29, 0.717) is 6.54 Å². The van der Waals surface area contributed by atoms with Crippen molar-refractivity contribution in [3.8, 4) is 5.82 Å². The largest absolute Gasteiger partial charge is 0.352 e. The van der Waals surface area contributed by atoms with Gasteiger partial charge in [-0.3, -0.25) is 9.89 Å². The number of carbonyl (C=O) groups is 1. The maximum Gasteiger partial charge on any atom is 0.223 e. The third-order valence-corrected chi connectivity index (χ3v) is 6.80. The zero-order chi connectivity index (χ0) is 25.9. The Kier molecular flexibility index (Phi) is 6.98. The maximum atomic E-state index is 12.9. The Balaban J connectivity index is 1.13. The van der Waals surface area contributed by atoms with Gasteiger partial charge in [0.2, 0.25) is 5.91 Å². The second kappa shape index (κ2) is 10.5. The summed E-state index contributed by atoms with van der Waals surface area (Å²) in [4.78, 5) is 26.8. The van der Waals surface area contributed by atoms with Crippen LogP contribution in [0.1, 0.15) is 65.8 Å². The lowest BCUT2D eigenvalue weighted by Crippen LogP contribution is -2.32. The molecule has 1 aliphatic carbocycles. The van der Waals surface area contributed by atoms with Gasteiger partial charge >= 0.3 is 0 Å². The van der Waals surface area contributed by atoms with Crippen LogP contribution in [0, 0.1) is 33.6 Å². The number of aromatic amines is 1. The molecule has 4 aromatic heterocycles. The molecule has 0 aromatic carbocycles. The van der Waals surface area contributed by atoms with E-state index in [1.165, 1.54) is 0 Å². The summed E-state index contributed by atoms with van der Waals surface area (Å²) in [7, 11) is 0. The van der Waals surface area contributed by atoms with E-state index >= 15 is 0 Å². The van der Waals surface area contributed by atoms with Crippen LogP contribution in [0.25, 0.3) is 5.82 Å². The number of nitrogens with zero attached hydrogens (tertiary/aromatic N) is 6. The van der Waals surface area contributed by atoms with Crippen molar-refractivity contribution in [1.29, 1.82) is 0 Å². The lowest BCUT2D eigenvalue weighted by molar-refractivity contribution is -0.126. The molecule has 0 radical (unpaired) electrons. The summed E-state index contributed by atoms with van der Waals surface area (Å²) < 4.78 is 1.82. The number of carbonyl (C=O) groups excluding carboxylic acids is 1. The number of H-pyrrole nitrogens is 1. The van der Waals surface area contributed by atoms with Gasteiger partial charge in [-0.25, -0.2) is 19.6 Å². The first kappa shape index (κ1) is 24.6. The van der Waals surface area contributed by atoms with Crippen molar-refractivity contribution < 1.29 is 4.79 Å². The summed E-state index contributed by atoms with van der Waals surface area (Å²) in [6.07, 6.45) is 5.23. The Morgan fingerprint density at radius 3 is 2.46 bits per heavy atom. The van der Waals surface area contributed by atoms with Gasteiger partial charge in [0.25, 0.3) is 0 Å². The molecule has 0 bridgehead atoms. The molecule has 5 rings (SSSR count). The van der Waals surface area contributed by atoms with Crippen LogP contribution in [-0.2, 0) is 11.3 Å². The van der Waals surface area contributed by atoms with Crippen LogP contribution in [0.4, 0.5) is 11.6 Å². The van der Waals surface area contributed by atoms with Crippen LogP contribution in [0.5, 0.6) is 0 Å². The highest BCUT2D eigenvalue weighted by Gasteiger charge is 2.28. The Morgan fingerprint density at radius 2 is 1.81 bits per heavy atom. The number of amides is 1. The van der Waals surface area contributed by atoms with E-state index in [2.05, 4.69) is 30.9 Å². The van der Waals surface area contributed by atoms with Gasteiger partial charge in [-0.2, -0.15) is 10.2 Å². The Morgan fingerprint density at radius 1 is 1.00 bits per heavy atom. The molecule has 0 unspecified atom stereocenters. The molecule has 10 heteroatoms. The molecule has 0 atom stereocenters. The molecule has 1 amide bonds. The third kappa shape index (κ3) is 5.84. The van der Waals surface area contributed by atoms with E-state index in [4.69, 9.17) is 9.97 Å². The summed E-state index contributed by atoms with van der Waals surface area (Å²) in [5.74, 6) is 3.44. The van der Waals surface area contributed by atoms with Crippen LogP contribution < -0.4 is 10.6 Å². The fraction of sp³-hybridized carbons (Fsp3) is 0.407. The normalized spacial score (nSPS) is 17.5.